The van der Waals surface area contributed by atoms with Crippen molar-refractivity contribution in [2.24, 2.45) is 11.8 Å². The standard InChI is InChI=1S/C29H39NO3/c1-3-4-5-6-7-11-24-17-22(18-28-27(24)15-16-33-28)20-30(26-13-14-26)29(32)25-12-9-8-10-23(19-25)21(2)31/h3,7,11,17-18,23,25-26H,1,4-6,8-10,12-16,19-20H2,2H3/b11-7-/t23-,25+/m1/s1. The van der Waals surface area contributed by atoms with E-state index < -0.39 is 0 Å². The number of nitrogens with zero attached hydrogens (tertiary/aromatic N) is 1. The zero-order valence-corrected chi connectivity index (χ0v) is 20.2. The Morgan fingerprint density at radius 2 is 1.91 bits per heavy atom. The van der Waals surface area contributed by atoms with E-state index >= 15 is 0 Å². The van der Waals surface area contributed by atoms with Gasteiger partial charge in [-0.05, 0) is 81.5 Å². The summed E-state index contributed by atoms with van der Waals surface area (Å²) in [5.41, 5.74) is 3.67. The van der Waals surface area contributed by atoms with Crippen molar-refractivity contribution >= 4 is 17.8 Å². The van der Waals surface area contributed by atoms with Crippen LogP contribution in [0.3, 0.4) is 0 Å². The minimum absolute atomic E-state index is 0.0168. The van der Waals surface area contributed by atoms with Gasteiger partial charge in [0.05, 0.1) is 6.61 Å². The van der Waals surface area contributed by atoms with E-state index in [-0.39, 0.29) is 23.5 Å². The second kappa shape index (κ2) is 11.2. The molecule has 1 heterocycles. The smallest absolute Gasteiger partial charge is 0.226 e. The zero-order valence-electron chi connectivity index (χ0n) is 20.2. The number of allylic oxidation sites excluding steroid dienone is 2. The molecule has 0 N–H and O–H groups in total. The number of hydrogen-bond donors (Lipinski definition) is 0. The Hall–Kier alpha value is -2.36. The largest absolute Gasteiger partial charge is 0.493 e. The molecule has 1 amide bonds. The Labute approximate surface area is 199 Å². The lowest BCUT2D eigenvalue weighted by Gasteiger charge is -2.28. The van der Waals surface area contributed by atoms with Gasteiger partial charge in [0.25, 0.3) is 0 Å². The number of carbonyl (C=O) groups excluding carboxylic acids is 2. The van der Waals surface area contributed by atoms with Crippen molar-refractivity contribution in [3.8, 4) is 5.75 Å². The molecule has 4 rings (SSSR count). The van der Waals surface area contributed by atoms with Gasteiger partial charge in [-0.2, -0.15) is 0 Å². The van der Waals surface area contributed by atoms with Gasteiger partial charge in [0.15, 0.2) is 0 Å². The van der Waals surface area contributed by atoms with Gasteiger partial charge < -0.3 is 9.64 Å². The fraction of sp³-hybridized carbons (Fsp3) is 0.586. The Bertz CT molecular complexity index is 898. The first kappa shape index (κ1) is 23.8. The van der Waals surface area contributed by atoms with Crippen LogP contribution in [0.5, 0.6) is 5.75 Å². The van der Waals surface area contributed by atoms with Crippen molar-refractivity contribution in [3.63, 3.8) is 0 Å². The topological polar surface area (TPSA) is 46.6 Å². The molecule has 1 aromatic rings. The van der Waals surface area contributed by atoms with Crippen molar-refractivity contribution in [2.75, 3.05) is 6.61 Å². The van der Waals surface area contributed by atoms with Gasteiger partial charge in [-0.3, -0.25) is 9.59 Å². The number of Topliss-reactive ketones (excluding diaryl/α,β-unsaturated/α-hetero) is 1. The zero-order chi connectivity index (χ0) is 23.2. The second-order valence-corrected chi connectivity index (χ2v) is 10.1. The SMILES string of the molecule is C=CCCC/C=C\c1cc(CN(C(=O)[C@H]2CCCC[C@@H](C(C)=O)C2)C2CC2)cc2c1CCO2. The molecule has 4 heteroatoms. The van der Waals surface area contributed by atoms with Gasteiger partial charge in [0.1, 0.15) is 11.5 Å². The molecular formula is C29H39NO3. The lowest BCUT2D eigenvalue weighted by molar-refractivity contribution is -0.137. The van der Waals surface area contributed by atoms with Crippen LogP contribution >= 0.6 is 0 Å². The molecule has 4 nitrogen and oxygen atoms in total. The molecule has 0 unspecified atom stereocenters. The molecule has 0 radical (unpaired) electrons. The Kier molecular flexibility index (Phi) is 8.06. The normalized spacial score (nSPS) is 22.5. The number of ketones is 1. The van der Waals surface area contributed by atoms with Crippen LogP contribution in [0, 0.1) is 11.8 Å². The molecule has 2 saturated carbocycles. The molecule has 0 saturated heterocycles. The maximum atomic E-state index is 13.7. The maximum Gasteiger partial charge on any atom is 0.226 e. The predicted molar refractivity (Wildman–Crippen MR) is 133 cm³/mol. The van der Waals surface area contributed by atoms with Crippen LogP contribution in [-0.4, -0.2) is 29.2 Å². The van der Waals surface area contributed by atoms with Crippen molar-refractivity contribution in [1.29, 1.82) is 0 Å². The molecular weight excluding hydrogens is 410 g/mol. The highest BCUT2D eigenvalue weighted by Crippen LogP contribution is 2.37. The predicted octanol–water partition coefficient (Wildman–Crippen LogP) is 6.27. The van der Waals surface area contributed by atoms with Crippen LogP contribution in [-0.2, 0) is 22.6 Å². The molecule has 2 aliphatic carbocycles. The molecule has 33 heavy (non-hydrogen) atoms. The number of carbonyl (C=O) groups is 2. The van der Waals surface area contributed by atoms with Gasteiger partial charge >= 0.3 is 0 Å². The van der Waals surface area contributed by atoms with Gasteiger partial charge in [-0.1, -0.05) is 31.1 Å². The third-order valence-electron chi connectivity index (χ3n) is 7.46. The van der Waals surface area contributed by atoms with Gasteiger partial charge in [-0.25, -0.2) is 0 Å². The second-order valence-electron chi connectivity index (χ2n) is 10.1. The maximum absolute atomic E-state index is 13.7. The first-order valence-corrected chi connectivity index (χ1v) is 12.9. The van der Waals surface area contributed by atoms with E-state index in [1.165, 1.54) is 11.1 Å². The van der Waals surface area contributed by atoms with E-state index in [4.69, 9.17) is 4.74 Å². The molecule has 2 fully saturated rings. The van der Waals surface area contributed by atoms with Gasteiger partial charge in [0.2, 0.25) is 5.91 Å². The summed E-state index contributed by atoms with van der Waals surface area (Å²) >= 11 is 0. The van der Waals surface area contributed by atoms with Crippen LogP contribution in [0.25, 0.3) is 6.08 Å². The molecule has 0 aromatic heterocycles. The van der Waals surface area contributed by atoms with E-state index in [2.05, 4.69) is 35.8 Å². The fourth-order valence-electron chi connectivity index (χ4n) is 5.37. The quantitative estimate of drug-likeness (QED) is 0.240. The molecule has 3 aliphatic rings. The van der Waals surface area contributed by atoms with Crippen molar-refractivity contribution in [2.45, 2.75) is 90.1 Å². The van der Waals surface area contributed by atoms with Crippen molar-refractivity contribution in [1.82, 2.24) is 4.90 Å². The summed E-state index contributed by atoms with van der Waals surface area (Å²) < 4.78 is 5.93. The number of unbranched alkanes of at least 4 members (excludes halogenated alkanes) is 2. The third-order valence-corrected chi connectivity index (χ3v) is 7.46. The van der Waals surface area contributed by atoms with Gasteiger partial charge in [-0.15, -0.1) is 6.58 Å². The van der Waals surface area contributed by atoms with E-state index in [1.54, 1.807) is 6.92 Å². The number of benzene rings is 1. The number of ether oxygens (including phenoxy) is 1. The summed E-state index contributed by atoms with van der Waals surface area (Å²) in [6.07, 6.45) is 17.4. The monoisotopic (exact) mass is 449 g/mol. The Balaban J connectivity index is 1.51. The summed E-state index contributed by atoms with van der Waals surface area (Å²) in [4.78, 5) is 27.8. The Morgan fingerprint density at radius 3 is 2.64 bits per heavy atom. The first-order valence-electron chi connectivity index (χ1n) is 12.9. The molecule has 0 bridgehead atoms. The van der Waals surface area contributed by atoms with Crippen LogP contribution in [0.1, 0.15) is 87.8 Å². The van der Waals surface area contributed by atoms with Crippen LogP contribution in [0.4, 0.5) is 0 Å². The fourth-order valence-corrected chi connectivity index (χ4v) is 5.37. The summed E-state index contributed by atoms with van der Waals surface area (Å²) in [6.45, 7) is 6.86. The number of fused-ring (bicyclic) bond motifs is 1. The van der Waals surface area contributed by atoms with Crippen molar-refractivity contribution < 1.29 is 14.3 Å². The molecule has 2 atom stereocenters. The van der Waals surface area contributed by atoms with E-state index in [1.807, 2.05) is 6.08 Å². The van der Waals surface area contributed by atoms with Crippen LogP contribution < -0.4 is 4.74 Å². The summed E-state index contributed by atoms with van der Waals surface area (Å²) in [5, 5.41) is 0. The molecule has 0 spiro atoms. The average molecular weight is 450 g/mol. The first-order chi connectivity index (χ1) is 16.1. The van der Waals surface area contributed by atoms with E-state index in [9.17, 15) is 9.59 Å². The highest BCUT2D eigenvalue weighted by Gasteiger charge is 2.37. The number of amides is 1. The van der Waals surface area contributed by atoms with E-state index in [0.717, 1.165) is 88.5 Å². The lowest BCUT2D eigenvalue weighted by atomic mass is 9.89. The Morgan fingerprint density at radius 1 is 1.12 bits per heavy atom. The minimum Gasteiger partial charge on any atom is -0.493 e. The van der Waals surface area contributed by atoms with Crippen LogP contribution in [0.2, 0.25) is 0 Å². The molecule has 1 aliphatic heterocycles. The third kappa shape index (κ3) is 6.16. The highest BCUT2D eigenvalue weighted by atomic mass is 16.5. The number of rotatable bonds is 10. The molecule has 178 valence electrons. The summed E-state index contributed by atoms with van der Waals surface area (Å²) in [5.74, 6) is 1.51. The summed E-state index contributed by atoms with van der Waals surface area (Å²) in [6, 6.07) is 4.75. The van der Waals surface area contributed by atoms with Gasteiger partial charge in [0, 0.05) is 36.4 Å². The van der Waals surface area contributed by atoms with E-state index in [0.29, 0.717) is 12.6 Å². The number of hydrogen-bond acceptors (Lipinski definition) is 3. The molecule has 1 aromatic carbocycles. The summed E-state index contributed by atoms with van der Waals surface area (Å²) in [7, 11) is 0. The average Bonchev–Trinajstić information content (AvgIpc) is 3.58. The van der Waals surface area contributed by atoms with Crippen molar-refractivity contribution in [3.05, 3.63) is 47.6 Å². The minimum atomic E-state index is -0.0168. The lowest BCUT2D eigenvalue weighted by Crippen LogP contribution is -2.38. The van der Waals surface area contributed by atoms with Crippen LogP contribution in [0.15, 0.2) is 30.9 Å². The highest BCUT2D eigenvalue weighted by molar-refractivity contribution is 5.82.